The number of hydrogen-bond acceptors (Lipinski definition) is 4. The van der Waals surface area contributed by atoms with E-state index in [4.69, 9.17) is 5.73 Å². The third kappa shape index (κ3) is 3.67. The lowest BCUT2D eigenvalue weighted by atomic mass is 9.81. The van der Waals surface area contributed by atoms with Gasteiger partial charge >= 0.3 is 0 Å². The zero-order chi connectivity index (χ0) is 13.1. The molecule has 1 saturated carbocycles. The van der Waals surface area contributed by atoms with Gasteiger partial charge in [-0.25, -0.2) is 8.42 Å². The predicted molar refractivity (Wildman–Crippen MR) is 67.3 cm³/mol. The molecule has 0 heterocycles. The number of carbonyl (C=O) groups excluding carboxylic acids is 1. The molecule has 1 aliphatic carbocycles. The van der Waals surface area contributed by atoms with Crippen molar-refractivity contribution in [2.45, 2.75) is 49.8 Å². The van der Waals surface area contributed by atoms with Crippen LogP contribution in [0.5, 0.6) is 0 Å². The Bertz CT molecular complexity index is 372. The summed E-state index contributed by atoms with van der Waals surface area (Å²) in [6.45, 7) is 1.78. The SMILES string of the molecule is CC(C(=O)NC1(CN)CCCCC1)S(C)(=O)=O. The van der Waals surface area contributed by atoms with E-state index in [-0.39, 0.29) is 0 Å². The highest BCUT2D eigenvalue weighted by molar-refractivity contribution is 7.92. The molecule has 0 aromatic rings. The normalized spacial score (nSPS) is 21.8. The Balaban J connectivity index is 2.72. The fourth-order valence-corrected chi connectivity index (χ4v) is 2.61. The van der Waals surface area contributed by atoms with Crippen LogP contribution in [-0.4, -0.2) is 37.9 Å². The Morgan fingerprint density at radius 1 is 1.35 bits per heavy atom. The fraction of sp³-hybridized carbons (Fsp3) is 0.909. The largest absolute Gasteiger partial charge is 0.348 e. The molecule has 100 valence electrons. The number of rotatable bonds is 4. The molecule has 1 amide bonds. The Labute approximate surface area is 103 Å². The van der Waals surface area contributed by atoms with Gasteiger partial charge in [0.05, 0.1) is 5.54 Å². The van der Waals surface area contributed by atoms with Gasteiger partial charge in [-0.2, -0.15) is 0 Å². The van der Waals surface area contributed by atoms with Gasteiger partial charge in [-0.05, 0) is 19.8 Å². The van der Waals surface area contributed by atoms with Crippen molar-refractivity contribution in [2.24, 2.45) is 5.73 Å². The molecule has 3 N–H and O–H groups in total. The molecular formula is C11H22N2O3S. The Morgan fingerprint density at radius 2 is 1.88 bits per heavy atom. The van der Waals surface area contributed by atoms with Gasteiger partial charge in [0.25, 0.3) is 0 Å². The Kier molecular flexibility index (Phi) is 4.55. The lowest BCUT2D eigenvalue weighted by Crippen LogP contribution is -2.57. The Morgan fingerprint density at radius 3 is 2.29 bits per heavy atom. The first-order chi connectivity index (χ1) is 7.81. The summed E-state index contributed by atoms with van der Waals surface area (Å²) in [4.78, 5) is 11.9. The Hall–Kier alpha value is -0.620. The van der Waals surface area contributed by atoms with E-state index in [1.165, 1.54) is 6.92 Å². The van der Waals surface area contributed by atoms with Crippen LogP contribution >= 0.6 is 0 Å². The molecule has 0 aromatic carbocycles. The summed E-state index contributed by atoms with van der Waals surface area (Å²) in [6.07, 6.45) is 5.97. The molecule has 1 aliphatic rings. The van der Waals surface area contributed by atoms with E-state index >= 15 is 0 Å². The number of amides is 1. The lowest BCUT2D eigenvalue weighted by molar-refractivity contribution is -0.122. The van der Waals surface area contributed by atoms with Crippen LogP contribution < -0.4 is 11.1 Å². The highest BCUT2D eigenvalue weighted by Crippen LogP contribution is 2.27. The molecule has 17 heavy (non-hydrogen) atoms. The minimum atomic E-state index is -3.34. The second-order valence-corrected chi connectivity index (χ2v) is 7.37. The van der Waals surface area contributed by atoms with Crippen LogP contribution in [0.3, 0.4) is 0 Å². The first kappa shape index (κ1) is 14.4. The third-order valence-corrected chi connectivity index (χ3v) is 5.10. The van der Waals surface area contributed by atoms with Gasteiger partial charge in [0.2, 0.25) is 5.91 Å². The van der Waals surface area contributed by atoms with E-state index in [2.05, 4.69) is 5.32 Å². The zero-order valence-corrected chi connectivity index (χ0v) is 11.3. The van der Waals surface area contributed by atoms with Crippen molar-refractivity contribution in [3.63, 3.8) is 0 Å². The molecular weight excluding hydrogens is 240 g/mol. The maximum atomic E-state index is 11.9. The summed E-state index contributed by atoms with van der Waals surface area (Å²) in [5.74, 6) is -0.431. The number of hydrogen-bond donors (Lipinski definition) is 2. The van der Waals surface area contributed by atoms with Crippen molar-refractivity contribution in [2.75, 3.05) is 12.8 Å². The standard InChI is InChI=1S/C11H22N2O3S/c1-9(17(2,15)16)10(14)13-11(8-12)6-4-3-5-7-11/h9H,3-8,12H2,1-2H3,(H,13,14). The summed E-state index contributed by atoms with van der Waals surface area (Å²) < 4.78 is 22.6. The van der Waals surface area contributed by atoms with Crippen LogP contribution in [0.25, 0.3) is 0 Å². The quantitative estimate of drug-likeness (QED) is 0.757. The topological polar surface area (TPSA) is 89.3 Å². The highest BCUT2D eigenvalue weighted by Gasteiger charge is 2.35. The maximum Gasteiger partial charge on any atom is 0.238 e. The van der Waals surface area contributed by atoms with Crippen LogP contribution in [0.1, 0.15) is 39.0 Å². The van der Waals surface area contributed by atoms with E-state index in [0.717, 1.165) is 38.4 Å². The third-order valence-electron chi connectivity index (χ3n) is 3.60. The van der Waals surface area contributed by atoms with Crippen LogP contribution in [0.15, 0.2) is 0 Å². The average Bonchev–Trinajstić information content (AvgIpc) is 2.28. The lowest BCUT2D eigenvalue weighted by Gasteiger charge is -2.37. The van der Waals surface area contributed by atoms with Gasteiger partial charge in [-0.1, -0.05) is 19.3 Å². The van der Waals surface area contributed by atoms with Crippen LogP contribution in [0.4, 0.5) is 0 Å². The molecule has 0 bridgehead atoms. The van der Waals surface area contributed by atoms with Crippen LogP contribution in [0.2, 0.25) is 0 Å². The number of carbonyl (C=O) groups is 1. The number of nitrogens with two attached hydrogens (primary N) is 1. The van der Waals surface area contributed by atoms with Crippen molar-refractivity contribution >= 4 is 15.7 Å². The summed E-state index contributed by atoms with van der Waals surface area (Å²) in [5.41, 5.74) is 5.34. The molecule has 0 aromatic heterocycles. The van der Waals surface area contributed by atoms with Crippen LogP contribution in [-0.2, 0) is 14.6 Å². The number of nitrogens with one attached hydrogen (secondary N) is 1. The predicted octanol–water partition coefficient (Wildman–Crippen LogP) is 0.197. The molecule has 1 unspecified atom stereocenters. The van der Waals surface area contributed by atoms with E-state index in [9.17, 15) is 13.2 Å². The zero-order valence-electron chi connectivity index (χ0n) is 10.5. The molecule has 0 saturated heterocycles. The highest BCUT2D eigenvalue weighted by atomic mass is 32.2. The average molecular weight is 262 g/mol. The summed E-state index contributed by atoms with van der Waals surface area (Å²) >= 11 is 0. The summed E-state index contributed by atoms with van der Waals surface area (Å²) in [5, 5.41) is 1.84. The molecule has 1 fully saturated rings. The minimum Gasteiger partial charge on any atom is -0.348 e. The van der Waals surface area contributed by atoms with Crippen molar-refractivity contribution in [3.05, 3.63) is 0 Å². The van der Waals surface area contributed by atoms with Gasteiger partial charge in [-0.3, -0.25) is 4.79 Å². The molecule has 0 radical (unpaired) electrons. The van der Waals surface area contributed by atoms with E-state index < -0.39 is 26.5 Å². The molecule has 6 heteroatoms. The smallest absolute Gasteiger partial charge is 0.238 e. The molecule has 0 aliphatic heterocycles. The first-order valence-corrected chi connectivity index (χ1v) is 7.97. The van der Waals surface area contributed by atoms with E-state index in [1.807, 2.05) is 0 Å². The van der Waals surface area contributed by atoms with Crippen molar-refractivity contribution < 1.29 is 13.2 Å². The van der Waals surface area contributed by atoms with Crippen molar-refractivity contribution in [3.8, 4) is 0 Å². The fourth-order valence-electron chi connectivity index (χ4n) is 2.17. The number of sulfone groups is 1. The van der Waals surface area contributed by atoms with Gasteiger partial charge < -0.3 is 11.1 Å². The van der Waals surface area contributed by atoms with Gasteiger partial charge in [0.15, 0.2) is 9.84 Å². The minimum absolute atomic E-state index is 0.370. The summed E-state index contributed by atoms with van der Waals surface area (Å²) in [6, 6.07) is 0. The summed E-state index contributed by atoms with van der Waals surface area (Å²) in [7, 11) is -3.34. The molecule has 5 nitrogen and oxygen atoms in total. The molecule has 0 spiro atoms. The van der Waals surface area contributed by atoms with Crippen LogP contribution in [0, 0.1) is 0 Å². The molecule has 1 rings (SSSR count). The van der Waals surface area contributed by atoms with Crippen molar-refractivity contribution in [1.82, 2.24) is 5.32 Å². The van der Waals surface area contributed by atoms with Gasteiger partial charge in [-0.15, -0.1) is 0 Å². The second-order valence-electron chi connectivity index (χ2n) is 5.01. The first-order valence-electron chi connectivity index (χ1n) is 6.02. The monoisotopic (exact) mass is 262 g/mol. The second kappa shape index (κ2) is 5.35. The van der Waals surface area contributed by atoms with E-state index in [0.29, 0.717) is 6.54 Å². The van der Waals surface area contributed by atoms with E-state index in [1.54, 1.807) is 0 Å². The maximum absolute atomic E-state index is 11.9. The molecule has 1 atom stereocenters. The van der Waals surface area contributed by atoms with Gasteiger partial charge in [0, 0.05) is 12.8 Å². The van der Waals surface area contributed by atoms with Gasteiger partial charge in [0.1, 0.15) is 5.25 Å². The van der Waals surface area contributed by atoms with Crippen molar-refractivity contribution in [1.29, 1.82) is 0 Å².